The zero-order valence-electron chi connectivity index (χ0n) is 8.95. The third kappa shape index (κ3) is 2.21. The Bertz CT molecular complexity index is 337. The first-order valence-corrected chi connectivity index (χ1v) is 5.97. The molecule has 4 heteroatoms. The average Bonchev–Trinajstić information content (AvgIpc) is 2.81. The van der Waals surface area contributed by atoms with E-state index in [1.165, 1.54) is 11.3 Å². The lowest BCUT2D eigenvalue weighted by atomic mass is 10.2. The fourth-order valence-corrected chi connectivity index (χ4v) is 2.70. The lowest BCUT2D eigenvalue weighted by Crippen LogP contribution is -2.12. The predicted octanol–water partition coefficient (Wildman–Crippen LogP) is 2.04. The Morgan fingerprint density at radius 1 is 1.27 bits per heavy atom. The van der Waals surface area contributed by atoms with Crippen LogP contribution in [0.25, 0.3) is 0 Å². The number of rotatable bonds is 3. The number of thioether (sulfide) groups is 1. The number of benzene rings is 1. The van der Waals surface area contributed by atoms with Gasteiger partial charge >= 0.3 is 0 Å². The lowest BCUT2D eigenvalue weighted by molar-refractivity contribution is 0.354. The Balaban J connectivity index is 2.25. The summed E-state index contributed by atoms with van der Waals surface area (Å²) in [5.41, 5.74) is 1.25. The first-order chi connectivity index (χ1) is 7.35. The van der Waals surface area contributed by atoms with E-state index in [2.05, 4.69) is 11.4 Å². The molecule has 0 saturated carbocycles. The van der Waals surface area contributed by atoms with E-state index in [1.54, 1.807) is 14.2 Å². The van der Waals surface area contributed by atoms with Gasteiger partial charge in [0.05, 0.1) is 19.6 Å². The van der Waals surface area contributed by atoms with Crippen molar-refractivity contribution in [2.24, 2.45) is 0 Å². The van der Waals surface area contributed by atoms with Crippen LogP contribution in [0.15, 0.2) is 18.2 Å². The molecule has 1 aromatic rings. The van der Waals surface area contributed by atoms with E-state index in [-0.39, 0.29) is 0 Å². The highest BCUT2D eigenvalue weighted by Gasteiger charge is 2.18. The molecule has 1 heterocycles. The van der Waals surface area contributed by atoms with Crippen molar-refractivity contribution >= 4 is 11.8 Å². The molecule has 1 unspecified atom stereocenters. The average molecular weight is 225 g/mol. The minimum absolute atomic E-state index is 0.393. The summed E-state index contributed by atoms with van der Waals surface area (Å²) in [5, 5.41) is 3.82. The molecule has 1 aliphatic heterocycles. The molecule has 1 aliphatic rings. The maximum absolute atomic E-state index is 5.27. The van der Waals surface area contributed by atoms with Gasteiger partial charge in [0.15, 0.2) is 11.5 Å². The summed E-state index contributed by atoms with van der Waals surface area (Å²) in [5.74, 6) is 2.74. The predicted molar refractivity (Wildman–Crippen MR) is 62.7 cm³/mol. The minimum Gasteiger partial charge on any atom is -0.493 e. The largest absolute Gasteiger partial charge is 0.493 e. The topological polar surface area (TPSA) is 30.5 Å². The van der Waals surface area contributed by atoms with Crippen LogP contribution in [0.5, 0.6) is 11.5 Å². The van der Waals surface area contributed by atoms with E-state index in [0.717, 1.165) is 18.0 Å². The van der Waals surface area contributed by atoms with Crippen LogP contribution in [0.2, 0.25) is 0 Å². The summed E-state index contributed by atoms with van der Waals surface area (Å²) in [4.78, 5) is 0. The van der Waals surface area contributed by atoms with Crippen LogP contribution < -0.4 is 14.8 Å². The summed E-state index contributed by atoms with van der Waals surface area (Å²) in [7, 11) is 3.32. The van der Waals surface area contributed by atoms with Crippen LogP contribution in [0.1, 0.15) is 10.9 Å². The molecular weight excluding hydrogens is 210 g/mol. The highest BCUT2D eigenvalue weighted by Crippen LogP contribution is 2.35. The van der Waals surface area contributed by atoms with Crippen molar-refractivity contribution in [3.63, 3.8) is 0 Å². The first-order valence-electron chi connectivity index (χ1n) is 4.92. The highest BCUT2D eigenvalue weighted by molar-refractivity contribution is 7.99. The summed E-state index contributed by atoms with van der Waals surface area (Å²) < 4.78 is 10.5. The molecule has 2 rings (SSSR count). The van der Waals surface area contributed by atoms with Gasteiger partial charge in [-0.3, -0.25) is 0 Å². The summed E-state index contributed by atoms with van der Waals surface area (Å²) >= 11 is 1.92. The number of hydrogen-bond donors (Lipinski definition) is 1. The van der Waals surface area contributed by atoms with Crippen molar-refractivity contribution in [1.82, 2.24) is 5.32 Å². The van der Waals surface area contributed by atoms with Crippen LogP contribution >= 0.6 is 11.8 Å². The molecule has 0 bridgehead atoms. The van der Waals surface area contributed by atoms with Crippen molar-refractivity contribution < 1.29 is 9.47 Å². The number of methoxy groups -OCH3 is 2. The molecule has 1 atom stereocenters. The van der Waals surface area contributed by atoms with Crippen LogP contribution in [-0.2, 0) is 0 Å². The highest BCUT2D eigenvalue weighted by atomic mass is 32.2. The molecule has 1 saturated heterocycles. The van der Waals surface area contributed by atoms with Crippen molar-refractivity contribution in [2.45, 2.75) is 5.37 Å². The van der Waals surface area contributed by atoms with Gasteiger partial charge in [0.2, 0.25) is 0 Å². The van der Waals surface area contributed by atoms with Gasteiger partial charge in [0, 0.05) is 12.3 Å². The monoisotopic (exact) mass is 225 g/mol. The minimum atomic E-state index is 0.393. The van der Waals surface area contributed by atoms with E-state index in [4.69, 9.17) is 9.47 Å². The first kappa shape index (κ1) is 10.6. The maximum Gasteiger partial charge on any atom is 0.161 e. The van der Waals surface area contributed by atoms with E-state index >= 15 is 0 Å². The van der Waals surface area contributed by atoms with Gasteiger partial charge in [-0.1, -0.05) is 6.07 Å². The summed E-state index contributed by atoms with van der Waals surface area (Å²) in [6, 6.07) is 6.07. The van der Waals surface area contributed by atoms with Gasteiger partial charge in [-0.25, -0.2) is 0 Å². The fraction of sp³-hybridized carbons (Fsp3) is 0.455. The van der Waals surface area contributed by atoms with Crippen LogP contribution in [0.4, 0.5) is 0 Å². The van der Waals surface area contributed by atoms with Gasteiger partial charge < -0.3 is 14.8 Å². The molecular formula is C11H15NO2S. The Morgan fingerprint density at radius 3 is 2.67 bits per heavy atom. The van der Waals surface area contributed by atoms with E-state index in [1.807, 2.05) is 23.9 Å². The third-order valence-electron chi connectivity index (χ3n) is 2.43. The third-order valence-corrected chi connectivity index (χ3v) is 3.64. The second kappa shape index (κ2) is 4.77. The Kier molecular flexibility index (Phi) is 3.38. The molecule has 0 spiro atoms. The van der Waals surface area contributed by atoms with Crippen molar-refractivity contribution in [3.8, 4) is 11.5 Å². The summed E-state index contributed by atoms with van der Waals surface area (Å²) in [6.45, 7) is 1.07. The second-order valence-electron chi connectivity index (χ2n) is 3.32. The zero-order chi connectivity index (χ0) is 10.7. The van der Waals surface area contributed by atoms with Gasteiger partial charge in [0.1, 0.15) is 0 Å². The number of nitrogens with one attached hydrogen (secondary N) is 1. The second-order valence-corrected chi connectivity index (χ2v) is 4.53. The van der Waals surface area contributed by atoms with Crippen molar-refractivity contribution in [3.05, 3.63) is 23.8 Å². The molecule has 1 N–H and O–H groups in total. The summed E-state index contributed by atoms with van der Waals surface area (Å²) in [6.07, 6.45) is 0. The molecule has 0 aromatic heterocycles. The quantitative estimate of drug-likeness (QED) is 0.852. The molecule has 1 aromatic carbocycles. The number of hydrogen-bond acceptors (Lipinski definition) is 4. The molecule has 3 nitrogen and oxygen atoms in total. The van der Waals surface area contributed by atoms with Crippen LogP contribution in [0.3, 0.4) is 0 Å². The molecule has 82 valence electrons. The Morgan fingerprint density at radius 2 is 2.07 bits per heavy atom. The van der Waals surface area contributed by atoms with Crippen LogP contribution in [0, 0.1) is 0 Å². The Labute approximate surface area is 94.2 Å². The smallest absolute Gasteiger partial charge is 0.161 e. The van der Waals surface area contributed by atoms with E-state index in [0.29, 0.717) is 5.37 Å². The fourth-order valence-electron chi connectivity index (χ4n) is 1.66. The molecule has 15 heavy (non-hydrogen) atoms. The van der Waals surface area contributed by atoms with E-state index < -0.39 is 0 Å². The van der Waals surface area contributed by atoms with Gasteiger partial charge in [-0.15, -0.1) is 11.8 Å². The standard InChI is InChI=1S/C11H15NO2S/c1-13-9-4-3-8(7-10(9)14-2)11-12-5-6-15-11/h3-4,7,11-12H,5-6H2,1-2H3. The Hall–Kier alpha value is -0.870. The van der Waals surface area contributed by atoms with Gasteiger partial charge in [0.25, 0.3) is 0 Å². The molecule has 0 amide bonds. The number of ether oxygens (including phenoxy) is 2. The zero-order valence-corrected chi connectivity index (χ0v) is 9.76. The molecule has 0 aliphatic carbocycles. The van der Waals surface area contributed by atoms with Gasteiger partial charge in [-0.05, 0) is 17.7 Å². The van der Waals surface area contributed by atoms with Crippen molar-refractivity contribution in [1.29, 1.82) is 0 Å². The normalized spacial score (nSPS) is 20.3. The SMILES string of the molecule is COc1ccc(C2NCCS2)cc1OC. The molecule has 1 fully saturated rings. The maximum atomic E-state index is 5.27. The van der Waals surface area contributed by atoms with Crippen molar-refractivity contribution in [2.75, 3.05) is 26.5 Å². The van der Waals surface area contributed by atoms with Gasteiger partial charge in [-0.2, -0.15) is 0 Å². The molecule has 0 radical (unpaired) electrons. The lowest BCUT2D eigenvalue weighted by Gasteiger charge is -2.13. The van der Waals surface area contributed by atoms with Crippen LogP contribution in [-0.4, -0.2) is 26.5 Å². The van der Waals surface area contributed by atoms with E-state index in [9.17, 15) is 0 Å².